The lowest BCUT2D eigenvalue weighted by molar-refractivity contribution is -0.00226. The van der Waals surface area contributed by atoms with Gasteiger partial charge in [-0.15, -0.1) is 0 Å². The maximum absolute atomic E-state index is 14.0. The fourth-order valence-electron chi connectivity index (χ4n) is 4.88. The first-order valence-corrected chi connectivity index (χ1v) is 12.7. The molecule has 0 saturated heterocycles. The summed E-state index contributed by atoms with van der Waals surface area (Å²) in [5.41, 5.74) is 5.77. The van der Waals surface area contributed by atoms with Crippen LogP contribution in [-0.4, -0.2) is 42.5 Å². The number of aliphatic hydroxyl groups excluding tert-OH is 1. The summed E-state index contributed by atoms with van der Waals surface area (Å²) in [6.07, 6.45) is 0.628. The summed E-state index contributed by atoms with van der Waals surface area (Å²) in [4.78, 5) is 1.94. The van der Waals surface area contributed by atoms with Gasteiger partial charge in [-0.2, -0.15) is 0 Å². The predicted molar refractivity (Wildman–Crippen MR) is 146 cm³/mol. The first kappa shape index (κ1) is 26.5. The van der Waals surface area contributed by atoms with Gasteiger partial charge in [-0.3, -0.25) is 4.90 Å². The van der Waals surface area contributed by atoms with E-state index in [-0.39, 0.29) is 5.82 Å². The van der Waals surface area contributed by atoms with E-state index in [1.807, 2.05) is 49.1 Å². The van der Waals surface area contributed by atoms with Crippen LogP contribution in [0.25, 0.3) is 11.1 Å². The van der Waals surface area contributed by atoms with Crippen molar-refractivity contribution in [3.05, 3.63) is 88.4 Å². The third-order valence-electron chi connectivity index (χ3n) is 6.91. The molecule has 0 amide bonds. The van der Waals surface area contributed by atoms with Gasteiger partial charge in [0, 0.05) is 42.4 Å². The van der Waals surface area contributed by atoms with Gasteiger partial charge in [-0.05, 0) is 72.5 Å². The summed E-state index contributed by atoms with van der Waals surface area (Å²) in [6, 6.07) is 14.3. The predicted octanol–water partition coefficient (Wildman–Crippen LogP) is 5.61. The molecule has 2 heterocycles. The topological polar surface area (TPSA) is 89.2 Å². The minimum atomic E-state index is -0.951. The number of nitrogens with zero attached hydrogens (tertiary/aromatic N) is 2. The zero-order valence-electron chi connectivity index (χ0n) is 22.5. The Morgan fingerprint density at radius 1 is 1.00 bits per heavy atom. The highest BCUT2D eigenvalue weighted by Crippen LogP contribution is 2.42. The highest BCUT2D eigenvalue weighted by atomic mass is 19.1. The summed E-state index contributed by atoms with van der Waals surface area (Å²) >= 11 is 0. The van der Waals surface area contributed by atoms with Gasteiger partial charge in [0.1, 0.15) is 42.2 Å². The lowest BCUT2D eigenvalue weighted by Crippen LogP contribution is -2.30. The van der Waals surface area contributed by atoms with E-state index in [0.717, 1.165) is 33.4 Å². The van der Waals surface area contributed by atoms with Crippen LogP contribution in [0.5, 0.6) is 17.2 Å². The number of nitrogens with one attached hydrogen (secondary N) is 1. The van der Waals surface area contributed by atoms with Crippen molar-refractivity contribution in [2.75, 3.05) is 32.7 Å². The van der Waals surface area contributed by atoms with Gasteiger partial charge in [-0.25, -0.2) is 4.39 Å². The van der Waals surface area contributed by atoms with Crippen LogP contribution in [-0.2, 0) is 13.1 Å². The first-order valence-electron chi connectivity index (χ1n) is 12.7. The van der Waals surface area contributed by atoms with E-state index in [1.165, 1.54) is 12.1 Å². The summed E-state index contributed by atoms with van der Waals surface area (Å²) in [7, 11) is 3.22. The number of benzene rings is 3. The molecule has 9 heteroatoms. The fraction of sp³-hybridized carbons (Fsp3) is 0.300. The zero-order valence-corrected chi connectivity index (χ0v) is 22.5. The molecule has 0 bridgehead atoms. The Hall–Kier alpha value is -4.08. The van der Waals surface area contributed by atoms with Crippen molar-refractivity contribution in [3.63, 3.8) is 0 Å². The van der Waals surface area contributed by atoms with Gasteiger partial charge < -0.3 is 29.2 Å². The normalized spacial score (nSPS) is 15.3. The number of ether oxygens (including phenoxy) is 3. The van der Waals surface area contributed by atoms with Crippen molar-refractivity contribution in [1.29, 1.82) is 0 Å². The molecule has 0 fully saturated rings. The van der Waals surface area contributed by atoms with Crippen LogP contribution in [0.4, 0.5) is 10.2 Å². The number of halogens is 1. The number of hydrogen-bond donors (Lipinski definition) is 2. The molecule has 3 aromatic carbocycles. The van der Waals surface area contributed by atoms with Gasteiger partial charge in [0.2, 0.25) is 0 Å². The van der Waals surface area contributed by atoms with Crippen LogP contribution < -0.4 is 19.5 Å². The summed E-state index contributed by atoms with van der Waals surface area (Å²) in [5, 5.41) is 19.0. The number of hydrogen-bond acceptors (Lipinski definition) is 8. The zero-order chi connectivity index (χ0) is 27.5. The second kappa shape index (κ2) is 11.3. The highest BCUT2D eigenvalue weighted by Gasteiger charge is 2.28. The standard InChI is InChI=1S/C30H32FN3O5/c1-18-9-22(31)5-6-25(18)26-12-20(15-32-29-19(2)17-39-33-29)13-27-28(26)38-8-7-34(30(27)35)16-21-10-23(36-3)14-24(11-21)37-4/h5-6,9-14,17,30,35H,7-8,15-16H2,1-4H3,(H,32,33). The van der Waals surface area contributed by atoms with E-state index in [1.54, 1.807) is 26.5 Å². The van der Waals surface area contributed by atoms with E-state index in [9.17, 15) is 9.50 Å². The van der Waals surface area contributed by atoms with Crippen LogP contribution in [0.2, 0.25) is 0 Å². The maximum Gasteiger partial charge on any atom is 0.172 e. The van der Waals surface area contributed by atoms with Gasteiger partial charge in [0.15, 0.2) is 5.82 Å². The van der Waals surface area contributed by atoms with E-state index in [4.69, 9.17) is 18.7 Å². The maximum atomic E-state index is 14.0. The van der Waals surface area contributed by atoms with E-state index >= 15 is 0 Å². The molecule has 0 aliphatic carbocycles. The van der Waals surface area contributed by atoms with Gasteiger partial charge >= 0.3 is 0 Å². The molecule has 1 unspecified atom stereocenters. The van der Waals surface area contributed by atoms with Crippen molar-refractivity contribution >= 4 is 5.82 Å². The van der Waals surface area contributed by atoms with Crippen LogP contribution >= 0.6 is 0 Å². The van der Waals surface area contributed by atoms with Gasteiger partial charge in [0.05, 0.1) is 14.2 Å². The molecule has 39 heavy (non-hydrogen) atoms. The van der Waals surface area contributed by atoms with Crippen molar-refractivity contribution < 1.29 is 28.2 Å². The molecule has 0 radical (unpaired) electrons. The lowest BCUT2D eigenvalue weighted by atomic mass is 9.94. The Morgan fingerprint density at radius 2 is 1.77 bits per heavy atom. The van der Waals surface area contributed by atoms with Gasteiger partial charge in [-0.1, -0.05) is 11.2 Å². The highest BCUT2D eigenvalue weighted by molar-refractivity contribution is 5.76. The Balaban J connectivity index is 1.54. The molecule has 1 aliphatic rings. The molecule has 2 N–H and O–H groups in total. The molecule has 0 spiro atoms. The third-order valence-corrected chi connectivity index (χ3v) is 6.91. The van der Waals surface area contributed by atoms with Crippen molar-refractivity contribution in [2.45, 2.75) is 33.2 Å². The average Bonchev–Trinajstić information content (AvgIpc) is 3.28. The second-order valence-electron chi connectivity index (χ2n) is 9.63. The number of rotatable bonds is 8. The molecule has 1 atom stereocenters. The number of anilines is 1. The molecule has 204 valence electrons. The third kappa shape index (κ3) is 5.69. The summed E-state index contributed by atoms with van der Waals surface area (Å²) in [5.74, 6) is 2.29. The van der Waals surface area contributed by atoms with Crippen molar-refractivity contribution in [2.24, 2.45) is 0 Å². The Morgan fingerprint density at radius 3 is 2.44 bits per heavy atom. The van der Waals surface area contributed by atoms with Crippen molar-refractivity contribution in [3.8, 4) is 28.4 Å². The number of aromatic nitrogens is 1. The molecule has 0 saturated carbocycles. The number of methoxy groups -OCH3 is 2. The molecule has 8 nitrogen and oxygen atoms in total. The second-order valence-corrected chi connectivity index (χ2v) is 9.63. The summed E-state index contributed by atoms with van der Waals surface area (Å²) < 4.78 is 36.2. The van der Waals surface area contributed by atoms with Crippen LogP contribution in [0, 0.1) is 19.7 Å². The molecule has 1 aliphatic heterocycles. The number of aryl methyl sites for hydroxylation is 2. The fourth-order valence-corrected chi connectivity index (χ4v) is 4.88. The summed E-state index contributed by atoms with van der Waals surface area (Å²) in [6.45, 7) is 5.52. The van der Waals surface area contributed by atoms with E-state index in [0.29, 0.717) is 54.9 Å². The Kier molecular flexibility index (Phi) is 7.72. The van der Waals surface area contributed by atoms with E-state index in [2.05, 4.69) is 10.5 Å². The average molecular weight is 534 g/mol. The van der Waals surface area contributed by atoms with Crippen LogP contribution in [0.1, 0.15) is 34.0 Å². The SMILES string of the molecule is COc1cc(CN2CCOc3c(-c4ccc(F)cc4C)cc(CNc4nocc4C)cc3C2O)cc(OC)c1. The molecule has 5 rings (SSSR count). The minimum Gasteiger partial charge on any atom is -0.497 e. The first-order chi connectivity index (χ1) is 18.9. The Labute approximate surface area is 226 Å². The van der Waals surface area contributed by atoms with E-state index < -0.39 is 6.23 Å². The van der Waals surface area contributed by atoms with Gasteiger partial charge in [0.25, 0.3) is 0 Å². The van der Waals surface area contributed by atoms with Crippen LogP contribution in [0.3, 0.4) is 0 Å². The lowest BCUT2D eigenvalue weighted by Gasteiger charge is -2.26. The molecular formula is C30H32FN3O5. The van der Waals surface area contributed by atoms with Crippen molar-refractivity contribution in [1.82, 2.24) is 10.1 Å². The Bertz CT molecular complexity index is 1450. The minimum absolute atomic E-state index is 0.303. The molecule has 1 aromatic heterocycles. The molecule has 4 aromatic rings. The smallest absolute Gasteiger partial charge is 0.172 e. The van der Waals surface area contributed by atoms with Crippen LogP contribution in [0.15, 0.2) is 59.3 Å². The quantitative estimate of drug-likeness (QED) is 0.302. The molecular weight excluding hydrogens is 501 g/mol. The largest absolute Gasteiger partial charge is 0.497 e. The monoisotopic (exact) mass is 533 g/mol. The number of fused-ring (bicyclic) bond motifs is 1. The number of aliphatic hydroxyl groups is 1.